The zero-order chi connectivity index (χ0) is 18.4. The van der Waals surface area contributed by atoms with Gasteiger partial charge in [0.15, 0.2) is 0 Å². The van der Waals surface area contributed by atoms with Gasteiger partial charge in [0.05, 0.1) is 0 Å². The normalized spacial score (nSPS) is 12.6. The molecular weight excluding hydrogens is 312 g/mol. The molecule has 0 saturated carbocycles. The van der Waals surface area contributed by atoms with Crippen molar-refractivity contribution < 1.29 is 5.11 Å². The first-order valence-corrected chi connectivity index (χ1v) is 10.7. The summed E-state index contributed by atoms with van der Waals surface area (Å²) >= 11 is 2.09. The van der Waals surface area contributed by atoms with Crippen LogP contribution in [0.5, 0.6) is 5.75 Å². The molecule has 0 unspecified atom stereocenters. The summed E-state index contributed by atoms with van der Waals surface area (Å²) in [7, 11) is 0. The van der Waals surface area contributed by atoms with Gasteiger partial charge in [0, 0.05) is 0 Å². The summed E-state index contributed by atoms with van der Waals surface area (Å²) in [4.78, 5) is 0. The van der Waals surface area contributed by atoms with Crippen LogP contribution in [0.3, 0.4) is 0 Å². The van der Waals surface area contributed by atoms with Gasteiger partial charge in [-0.15, -0.1) is 0 Å². The van der Waals surface area contributed by atoms with Gasteiger partial charge in [-0.25, -0.2) is 0 Å². The molecule has 0 aliphatic rings. The molecule has 0 saturated heterocycles. The van der Waals surface area contributed by atoms with E-state index in [1.54, 1.807) is 0 Å². The van der Waals surface area contributed by atoms with Crippen LogP contribution in [-0.4, -0.2) is 16.6 Å². The van der Waals surface area contributed by atoms with Crippen molar-refractivity contribution in [3.8, 4) is 5.75 Å². The minimum absolute atomic E-state index is 0.0316. The molecule has 1 nitrogen and oxygen atoms in total. The monoisotopic (exact) mass is 350 g/mol. The Balaban J connectivity index is 2.80. The Labute approximate surface area is 154 Å². The number of hydrogen-bond donors (Lipinski definition) is 1. The van der Waals surface area contributed by atoms with Crippen molar-refractivity contribution in [2.24, 2.45) is 0 Å². The van der Waals surface area contributed by atoms with Gasteiger partial charge in [-0.3, -0.25) is 0 Å². The summed E-state index contributed by atoms with van der Waals surface area (Å²) in [5, 5.41) is 10.8. The first-order valence-electron chi connectivity index (χ1n) is 9.52. The van der Waals surface area contributed by atoms with Gasteiger partial charge in [-0.05, 0) is 64.7 Å². The number of phenolic OH excluding ortho intramolecular Hbond substituents is 1. The smallest absolute Gasteiger partial charge is 0.123 e. The summed E-state index contributed by atoms with van der Waals surface area (Å²) in [6.07, 6.45) is 6.26. The zero-order valence-electron chi connectivity index (χ0n) is 17.0. The molecule has 1 aromatic rings. The predicted octanol–water partition coefficient (Wildman–Crippen LogP) is 6.84. The minimum Gasteiger partial charge on any atom is -0.507 e. The van der Waals surface area contributed by atoms with Gasteiger partial charge in [-0.2, -0.15) is 11.8 Å². The summed E-state index contributed by atoms with van der Waals surface area (Å²) in [5.41, 5.74) is 3.48. The highest BCUT2D eigenvalue weighted by molar-refractivity contribution is 7.99. The third kappa shape index (κ3) is 6.70. The molecule has 0 amide bonds. The number of phenols is 1. The maximum atomic E-state index is 10.8. The van der Waals surface area contributed by atoms with Crippen molar-refractivity contribution in [3.63, 3.8) is 0 Å². The van der Waals surface area contributed by atoms with E-state index >= 15 is 0 Å². The molecule has 0 aliphatic heterocycles. The number of unbranched alkanes of at least 4 members (excludes halogenated alkanes) is 2. The number of benzene rings is 1. The van der Waals surface area contributed by atoms with Crippen molar-refractivity contribution >= 4 is 11.8 Å². The summed E-state index contributed by atoms with van der Waals surface area (Å²) in [6.45, 7) is 15.4. The second-order valence-corrected chi connectivity index (χ2v) is 10.2. The Morgan fingerprint density at radius 1 is 0.833 bits per heavy atom. The molecule has 0 atom stereocenters. The second-order valence-electron chi connectivity index (χ2n) is 8.96. The second kappa shape index (κ2) is 9.17. The van der Waals surface area contributed by atoms with Crippen molar-refractivity contribution in [3.05, 3.63) is 28.8 Å². The van der Waals surface area contributed by atoms with E-state index in [4.69, 9.17) is 0 Å². The van der Waals surface area contributed by atoms with Crippen LogP contribution in [-0.2, 0) is 17.3 Å². The SMILES string of the molecule is CCCCSCCCCc1cc(C(C)(C)C)c(O)c(C(C)(C)C)c1. The number of thioether (sulfide) groups is 1. The fourth-order valence-electron chi connectivity index (χ4n) is 2.86. The van der Waals surface area contributed by atoms with Crippen LogP contribution in [0.15, 0.2) is 12.1 Å². The van der Waals surface area contributed by atoms with E-state index in [1.165, 1.54) is 42.8 Å². The first kappa shape index (κ1) is 21.4. The Hall–Kier alpha value is -0.630. The molecule has 0 radical (unpaired) electrons. The van der Waals surface area contributed by atoms with Crippen LogP contribution >= 0.6 is 11.8 Å². The van der Waals surface area contributed by atoms with E-state index in [2.05, 4.69) is 72.4 Å². The van der Waals surface area contributed by atoms with Crippen LogP contribution in [0.2, 0.25) is 0 Å². The van der Waals surface area contributed by atoms with E-state index in [9.17, 15) is 5.11 Å². The van der Waals surface area contributed by atoms with Gasteiger partial charge in [-0.1, -0.05) is 67.0 Å². The van der Waals surface area contributed by atoms with Crippen molar-refractivity contribution in [2.45, 2.75) is 91.4 Å². The Kier molecular flexibility index (Phi) is 8.19. The van der Waals surface area contributed by atoms with Gasteiger partial charge in [0.1, 0.15) is 5.75 Å². The van der Waals surface area contributed by atoms with Crippen molar-refractivity contribution in [1.29, 1.82) is 0 Å². The van der Waals surface area contributed by atoms with Crippen LogP contribution in [0.4, 0.5) is 0 Å². The third-order valence-electron chi connectivity index (χ3n) is 4.43. The van der Waals surface area contributed by atoms with Gasteiger partial charge >= 0.3 is 0 Å². The molecule has 0 heterocycles. The zero-order valence-corrected chi connectivity index (χ0v) is 17.8. The predicted molar refractivity (Wildman–Crippen MR) is 111 cm³/mol. The van der Waals surface area contributed by atoms with Gasteiger partial charge in [0.2, 0.25) is 0 Å². The molecule has 138 valence electrons. The number of aryl methyl sites for hydroxylation is 1. The van der Waals surface area contributed by atoms with Crippen molar-refractivity contribution in [1.82, 2.24) is 0 Å². The third-order valence-corrected chi connectivity index (χ3v) is 5.59. The molecule has 0 aromatic heterocycles. The van der Waals surface area contributed by atoms with Crippen molar-refractivity contribution in [2.75, 3.05) is 11.5 Å². The molecule has 0 fully saturated rings. The van der Waals surface area contributed by atoms with Crippen LogP contribution in [0.1, 0.15) is 90.8 Å². The van der Waals surface area contributed by atoms with E-state index in [0.29, 0.717) is 5.75 Å². The highest BCUT2D eigenvalue weighted by Gasteiger charge is 2.26. The minimum atomic E-state index is -0.0316. The van der Waals surface area contributed by atoms with E-state index in [-0.39, 0.29) is 10.8 Å². The quantitative estimate of drug-likeness (QED) is 0.518. The molecular formula is C22H38OS. The molecule has 1 N–H and O–H groups in total. The molecule has 1 aromatic carbocycles. The maximum Gasteiger partial charge on any atom is 0.123 e. The fourth-order valence-corrected chi connectivity index (χ4v) is 3.97. The van der Waals surface area contributed by atoms with Crippen LogP contribution in [0.25, 0.3) is 0 Å². The lowest BCUT2D eigenvalue weighted by Gasteiger charge is -2.28. The first-order chi connectivity index (χ1) is 11.1. The summed E-state index contributed by atoms with van der Waals surface area (Å²) in [6, 6.07) is 4.46. The molecule has 24 heavy (non-hydrogen) atoms. The lowest BCUT2D eigenvalue weighted by atomic mass is 9.78. The Morgan fingerprint density at radius 2 is 1.33 bits per heavy atom. The highest BCUT2D eigenvalue weighted by Crippen LogP contribution is 2.40. The summed E-state index contributed by atoms with van der Waals surface area (Å²) < 4.78 is 0. The molecule has 0 aliphatic carbocycles. The molecule has 1 rings (SSSR count). The topological polar surface area (TPSA) is 20.2 Å². The average Bonchev–Trinajstić information content (AvgIpc) is 2.45. The van der Waals surface area contributed by atoms with E-state index in [1.807, 2.05) is 0 Å². The van der Waals surface area contributed by atoms with Crippen LogP contribution < -0.4 is 0 Å². The Morgan fingerprint density at radius 3 is 1.79 bits per heavy atom. The lowest BCUT2D eigenvalue weighted by molar-refractivity contribution is 0.422. The lowest BCUT2D eigenvalue weighted by Crippen LogP contribution is -2.18. The van der Waals surface area contributed by atoms with Crippen LogP contribution in [0, 0.1) is 0 Å². The van der Waals surface area contributed by atoms with Gasteiger partial charge in [0.25, 0.3) is 0 Å². The van der Waals surface area contributed by atoms with E-state index < -0.39 is 0 Å². The highest BCUT2D eigenvalue weighted by atomic mass is 32.2. The number of aromatic hydroxyl groups is 1. The fraction of sp³-hybridized carbons (Fsp3) is 0.727. The Bertz CT molecular complexity index is 471. The molecule has 0 bridgehead atoms. The maximum absolute atomic E-state index is 10.8. The summed E-state index contributed by atoms with van der Waals surface area (Å²) in [5.74, 6) is 3.07. The largest absolute Gasteiger partial charge is 0.507 e. The number of hydrogen-bond acceptors (Lipinski definition) is 2. The average molecular weight is 351 g/mol. The molecule has 0 spiro atoms. The van der Waals surface area contributed by atoms with Gasteiger partial charge < -0.3 is 5.11 Å². The number of rotatable bonds is 8. The van der Waals surface area contributed by atoms with E-state index in [0.717, 1.165) is 17.5 Å². The standard InChI is InChI=1S/C22H38OS/c1-8-9-13-24-14-11-10-12-17-15-18(21(2,3)4)20(23)19(16-17)22(5,6)7/h15-16,23H,8-14H2,1-7H3. The molecule has 2 heteroatoms.